The Morgan fingerprint density at radius 1 is 1.12 bits per heavy atom. The van der Waals surface area contributed by atoms with Crippen molar-refractivity contribution in [1.82, 2.24) is 0 Å². The van der Waals surface area contributed by atoms with Crippen LogP contribution in [-0.2, 0) is 16.0 Å². The first-order valence-electron chi connectivity index (χ1n) is 7.56. The highest BCUT2D eigenvalue weighted by Crippen LogP contribution is 2.22. The molecule has 1 aromatic heterocycles. The van der Waals surface area contributed by atoms with Gasteiger partial charge in [0.05, 0.1) is 6.42 Å². The van der Waals surface area contributed by atoms with Crippen molar-refractivity contribution in [3.8, 4) is 0 Å². The van der Waals surface area contributed by atoms with E-state index in [1.54, 1.807) is 35.6 Å². The molecule has 0 radical (unpaired) electrons. The number of thiophene rings is 1. The molecule has 0 atom stereocenters. The number of nitrogens with one attached hydrogen (secondary N) is 1. The highest BCUT2D eigenvalue weighted by molar-refractivity contribution is 7.12. The van der Waals surface area contributed by atoms with Crippen LogP contribution >= 0.6 is 11.3 Å². The van der Waals surface area contributed by atoms with Gasteiger partial charge in [0, 0.05) is 33.8 Å². The second-order valence-electron chi connectivity index (χ2n) is 5.57. The molecule has 0 bridgehead atoms. The number of carbonyl (C=O) groups excluding carboxylic acids is 2. The van der Waals surface area contributed by atoms with E-state index in [-0.39, 0.29) is 31.0 Å². The first kappa shape index (κ1) is 17.9. The number of amides is 1. The molecule has 24 heavy (non-hydrogen) atoms. The van der Waals surface area contributed by atoms with Crippen LogP contribution in [0.15, 0.2) is 30.3 Å². The summed E-state index contributed by atoms with van der Waals surface area (Å²) in [5.41, 5.74) is 1.84. The van der Waals surface area contributed by atoms with Crippen molar-refractivity contribution < 1.29 is 19.5 Å². The molecule has 6 heteroatoms. The summed E-state index contributed by atoms with van der Waals surface area (Å²) in [6.45, 7) is 3.85. The number of anilines is 1. The maximum absolute atomic E-state index is 12.2. The Morgan fingerprint density at radius 2 is 1.88 bits per heavy atom. The lowest BCUT2D eigenvalue weighted by molar-refractivity contribution is -0.136. The van der Waals surface area contributed by atoms with Crippen LogP contribution in [0.5, 0.6) is 0 Å². The molecule has 0 saturated heterocycles. The van der Waals surface area contributed by atoms with Crippen LogP contribution in [0.25, 0.3) is 0 Å². The maximum atomic E-state index is 12.2. The smallest absolute Gasteiger partial charge is 0.307 e. The molecule has 126 valence electrons. The van der Waals surface area contributed by atoms with Crippen molar-refractivity contribution in [3.05, 3.63) is 51.2 Å². The van der Waals surface area contributed by atoms with Crippen molar-refractivity contribution in [2.45, 2.75) is 33.1 Å². The molecule has 0 spiro atoms. The molecule has 2 N–H and O–H groups in total. The fourth-order valence-corrected chi connectivity index (χ4v) is 3.37. The van der Waals surface area contributed by atoms with Crippen LogP contribution in [0, 0.1) is 13.8 Å². The van der Waals surface area contributed by atoms with E-state index in [2.05, 4.69) is 5.32 Å². The fraction of sp³-hybridized carbons (Fsp3) is 0.278. The molecule has 0 unspecified atom stereocenters. The monoisotopic (exact) mass is 345 g/mol. The van der Waals surface area contributed by atoms with E-state index in [1.165, 1.54) is 0 Å². The van der Waals surface area contributed by atoms with Crippen LogP contribution in [-0.4, -0.2) is 22.8 Å². The summed E-state index contributed by atoms with van der Waals surface area (Å²) in [6.07, 6.45) is 0.146. The Labute approximate surface area is 144 Å². The number of hydrogen-bond donors (Lipinski definition) is 2. The largest absolute Gasteiger partial charge is 0.481 e. The number of rotatable bonds is 7. The third-order valence-corrected chi connectivity index (χ3v) is 4.45. The number of carboxylic acid groups (broad SMARTS) is 1. The van der Waals surface area contributed by atoms with Gasteiger partial charge in [-0.2, -0.15) is 0 Å². The highest BCUT2D eigenvalue weighted by atomic mass is 32.1. The van der Waals surface area contributed by atoms with Crippen molar-refractivity contribution in [3.63, 3.8) is 0 Å². The molecular formula is C18H19NO4S. The van der Waals surface area contributed by atoms with Gasteiger partial charge >= 0.3 is 5.97 Å². The van der Waals surface area contributed by atoms with Gasteiger partial charge in [0.15, 0.2) is 5.78 Å². The Morgan fingerprint density at radius 3 is 2.50 bits per heavy atom. The zero-order chi connectivity index (χ0) is 17.7. The summed E-state index contributed by atoms with van der Waals surface area (Å²) in [6, 6.07) is 8.55. The molecule has 0 saturated carbocycles. The highest BCUT2D eigenvalue weighted by Gasteiger charge is 2.14. The molecule has 1 heterocycles. The number of hydrogen-bond acceptors (Lipinski definition) is 4. The number of benzene rings is 1. The van der Waals surface area contributed by atoms with E-state index in [9.17, 15) is 14.4 Å². The minimum atomic E-state index is -0.925. The predicted octanol–water partition coefficient (Wildman–Crippen LogP) is 3.59. The van der Waals surface area contributed by atoms with Crippen LogP contribution in [0.4, 0.5) is 5.69 Å². The van der Waals surface area contributed by atoms with E-state index >= 15 is 0 Å². The second kappa shape index (κ2) is 7.88. The normalized spacial score (nSPS) is 10.4. The first-order chi connectivity index (χ1) is 11.3. The molecule has 2 aromatic rings. The molecule has 0 aliphatic heterocycles. The minimum Gasteiger partial charge on any atom is -0.481 e. The summed E-state index contributed by atoms with van der Waals surface area (Å²) >= 11 is 1.57. The summed E-state index contributed by atoms with van der Waals surface area (Å²) < 4.78 is 0. The second-order valence-corrected chi connectivity index (χ2v) is 7.03. The van der Waals surface area contributed by atoms with Gasteiger partial charge in [0.2, 0.25) is 5.91 Å². The molecule has 0 aliphatic carbocycles. The average Bonchev–Trinajstić information content (AvgIpc) is 2.83. The summed E-state index contributed by atoms with van der Waals surface area (Å²) in [4.78, 5) is 36.9. The Hall–Kier alpha value is -2.47. The number of ketones is 1. The lowest BCUT2D eigenvalue weighted by Crippen LogP contribution is -2.14. The Bertz CT molecular complexity index is 779. The van der Waals surface area contributed by atoms with Crippen LogP contribution in [0.2, 0.25) is 0 Å². The van der Waals surface area contributed by atoms with Crippen LogP contribution in [0.1, 0.15) is 38.5 Å². The van der Waals surface area contributed by atoms with Crippen LogP contribution < -0.4 is 5.32 Å². The molecule has 5 nitrogen and oxygen atoms in total. The van der Waals surface area contributed by atoms with Gasteiger partial charge < -0.3 is 10.4 Å². The molecule has 0 fully saturated rings. The Balaban J connectivity index is 1.90. The summed E-state index contributed by atoms with van der Waals surface area (Å²) in [7, 11) is 0. The Kier molecular flexibility index (Phi) is 5.87. The van der Waals surface area contributed by atoms with Gasteiger partial charge in [-0.25, -0.2) is 0 Å². The lowest BCUT2D eigenvalue weighted by Gasteiger charge is -2.06. The molecular weight excluding hydrogens is 326 g/mol. The van der Waals surface area contributed by atoms with Gasteiger partial charge in [0.1, 0.15) is 0 Å². The molecule has 2 rings (SSSR count). The van der Waals surface area contributed by atoms with Gasteiger partial charge in [-0.05, 0) is 37.6 Å². The number of carbonyl (C=O) groups is 3. The van der Waals surface area contributed by atoms with Crippen molar-refractivity contribution in [2.75, 3.05) is 5.32 Å². The van der Waals surface area contributed by atoms with E-state index < -0.39 is 5.97 Å². The fourth-order valence-electron chi connectivity index (χ4n) is 2.43. The topological polar surface area (TPSA) is 83.5 Å². The van der Waals surface area contributed by atoms with Gasteiger partial charge in [-0.3, -0.25) is 14.4 Å². The van der Waals surface area contributed by atoms with E-state index in [0.717, 1.165) is 9.75 Å². The minimum absolute atomic E-state index is 0.0355. The lowest BCUT2D eigenvalue weighted by atomic mass is 10.1. The number of aryl methyl sites for hydroxylation is 2. The third-order valence-electron chi connectivity index (χ3n) is 3.49. The van der Waals surface area contributed by atoms with Crippen molar-refractivity contribution in [1.29, 1.82) is 0 Å². The number of aliphatic carboxylic acids is 1. The van der Waals surface area contributed by atoms with Gasteiger partial charge in [-0.1, -0.05) is 12.1 Å². The van der Waals surface area contributed by atoms with E-state index in [1.807, 2.05) is 19.9 Å². The summed E-state index contributed by atoms with van der Waals surface area (Å²) in [5, 5.41) is 11.5. The van der Waals surface area contributed by atoms with Crippen molar-refractivity contribution in [2.24, 2.45) is 0 Å². The zero-order valence-corrected chi connectivity index (χ0v) is 14.4. The van der Waals surface area contributed by atoms with E-state index in [4.69, 9.17) is 5.11 Å². The summed E-state index contributed by atoms with van der Waals surface area (Å²) in [5.74, 6) is -1.22. The van der Waals surface area contributed by atoms with Gasteiger partial charge in [-0.15, -0.1) is 11.3 Å². The van der Waals surface area contributed by atoms with Crippen LogP contribution in [0.3, 0.4) is 0 Å². The third kappa shape index (κ3) is 5.03. The maximum Gasteiger partial charge on any atom is 0.307 e. The zero-order valence-electron chi connectivity index (χ0n) is 13.6. The molecule has 1 amide bonds. The van der Waals surface area contributed by atoms with E-state index in [0.29, 0.717) is 16.8 Å². The predicted molar refractivity (Wildman–Crippen MR) is 93.8 cm³/mol. The van der Waals surface area contributed by atoms with Crippen molar-refractivity contribution >= 4 is 34.7 Å². The number of carboxylic acids is 1. The SMILES string of the molecule is Cc1cc(C(=O)CCC(=O)Nc2cccc(CC(=O)O)c2)c(C)s1. The number of Topliss-reactive ketones (excluding diaryl/α,β-unsaturated/α-hetero) is 1. The average molecular weight is 345 g/mol. The molecule has 0 aliphatic rings. The van der Waals surface area contributed by atoms with Gasteiger partial charge in [0.25, 0.3) is 0 Å². The standard InChI is InChI=1S/C18H19NO4S/c1-11-8-15(12(2)24-11)16(20)6-7-17(21)19-14-5-3-4-13(9-14)10-18(22)23/h3-5,8-9H,6-7,10H2,1-2H3,(H,19,21)(H,22,23). The first-order valence-corrected chi connectivity index (χ1v) is 8.37. The quantitative estimate of drug-likeness (QED) is 0.751. The molecule has 1 aromatic carbocycles.